The van der Waals surface area contributed by atoms with Crippen LogP contribution in [0.15, 0.2) is 35.3 Å². The molecule has 168 valence electrons. The number of piperazine rings is 1. The third-order valence-electron chi connectivity index (χ3n) is 4.92. The molecule has 0 saturated carbocycles. The van der Waals surface area contributed by atoms with Crippen molar-refractivity contribution in [3.63, 3.8) is 0 Å². The van der Waals surface area contributed by atoms with Crippen molar-refractivity contribution in [3.05, 3.63) is 62.0 Å². The van der Waals surface area contributed by atoms with E-state index in [4.69, 9.17) is 27.9 Å². The Bertz CT molecular complexity index is 989. The molecule has 1 amide bonds. The first kappa shape index (κ1) is 23.4. The third kappa shape index (κ3) is 6.38. The summed E-state index contributed by atoms with van der Waals surface area (Å²) in [7, 11) is 0. The number of hydrogen-bond acceptors (Lipinski definition) is 5. The van der Waals surface area contributed by atoms with Crippen LogP contribution in [-0.2, 0) is 17.8 Å². The van der Waals surface area contributed by atoms with E-state index in [-0.39, 0.29) is 18.4 Å². The predicted octanol–water partition coefficient (Wildman–Crippen LogP) is 3.96. The van der Waals surface area contributed by atoms with Gasteiger partial charge in [-0.2, -0.15) is 0 Å². The molecule has 0 radical (unpaired) electrons. The molecule has 1 aromatic heterocycles. The first-order valence-corrected chi connectivity index (χ1v) is 10.8. The molecule has 1 saturated heterocycles. The highest BCUT2D eigenvalue weighted by molar-refractivity contribution is 6.34. The van der Waals surface area contributed by atoms with Crippen molar-refractivity contribution in [2.45, 2.75) is 39.5 Å². The van der Waals surface area contributed by atoms with Gasteiger partial charge in [0.2, 0.25) is 0 Å². The summed E-state index contributed by atoms with van der Waals surface area (Å²) >= 11 is 12.0. The van der Waals surface area contributed by atoms with Gasteiger partial charge >= 0.3 is 6.09 Å². The van der Waals surface area contributed by atoms with Gasteiger partial charge in [0, 0.05) is 54.5 Å². The molecule has 3 rings (SSSR count). The maximum absolute atomic E-state index is 12.6. The number of carbonyl (C=O) groups excluding carboxylic acids is 1. The number of benzene rings is 1. The normalized spacial score (nSPS) is 15.2. The molecule has 31 heavy (non-hydrogen) atoms. The topological polar surface area (TPSA) is 75.0 Å². The number of hydrogen-bond donors (Lipinski definition) is 1. The van der Waals surface area contributed by atoms with Crippen molar-refractivity contribution >= 4 is 29.3 Å². The third-order valence-corrected chi connectivity index (χ3v) is 5.35. The van der Waals surface area contributed by atoms with E-state index in [9.17, 15) is 14.7 Å². The Morgan fingerprint density at radius 2 is 1.68 bits per heavy atom. The standard InChI is InChI=1S/C22H27Cl2N3O4/c1-22(2,3)31-21(30)26-8-6-25(7-9-26)14-16-4-5-27(20(29)19(16)28)13-15-10-17(23)12-18(24)11-15/h4-5,10-12,28H,6-9,13-14H2,1-3H3. The number of nitrogens with zero attached hydrogens (tertiary/aromatic N) is 3. The van der Waals surface area contributed by atoms with E-state index in [1.165, 1.54) is 4.57 Å². The van der Waals surface area contributed by atoms with E-state index in [1.807, 2.05) is 20.8 Å². The first-order valence-electron chi connectivity index (χ1n) is 10.1. The number of rotatable bonds is 4. The lowest BCUT2D eigenvalue weighted by molar-refractivity contribution is 0.0138. The lowest BCUT2D eigenvalue weighted by atomic mass is 10.2. The van der Waals surface area contributed by atoms with Crippen LogP contribution in [0.25, 0.3) is 0 Å². The average Bonchev–Trinajstić information content (AvgIpc) is 2.66. The minimum Gasteiger partial charge on any atom is -0.503 e. The van der Waals surface area contributed by atoms with Crippen molar-refractivity contribution in [3.8, 4) is 5.75 Å². The Balaban J connectivity index is 1.62. The van der Waals surface area contributed by atoms with Crippen LogP contribution < -0.4 is 5.56 Å². The molecule has 0 aliphatic carbocycles. The van der Waals surface area contributed by atoms with Crippen molar-refractivity contribution in [2.24, 2.45) is 0 Å². The molecule has 1 N–H and O–H groups in total. The first-order chi connectivity index (χ1) is 14.5. The van der Waals surface area contributed by atoms with Crippen LogP contribution in [0.1, 0.15) is 31.9 Å². The highest BCUT2D eigenvalue weighted by atomic mass is 35.5. The Labute approximate surface area is 191 Å². The van der Waals surface area contributed by atoms with E-state index in [0.29, 0.717) is 48.3 Å². The number of halogens is 2. The summed E-state index contributed by atoms with van der Waals surface area (Å²) in [6.45, 7) is 8.51. The Morgan fingerprint density at radius 1 is 1.06 bits per heavy atom. The lowest BCUT2D eigenvalue weighted by Crippen LogP contribution is -2.49. The molecule has 9 heteroatoms. The summed E-state index contributed by atoms with van der Waals surface area (Å²) in [6.07, 6.45) is 1.34. The number of aromatic nitrogens is 1. The van der Waals surface area contributed by atoms with Gasteiger partial charge in [0.15, 0.2) is 5.75 Å². The molecule has 0 bridgehead atoms. The summed E-state index contributed by atoms with van der Waals surface area (Å²) in [5.41, 5.74) is 0.322. The number of ether oxygens (including phenoxy) is 1. The molecule has 1 aliphatic heterocycles. The molecule has 1 aliphatic rings. The van der Waals surface area contributed by atoms with Gasteiger partial charge in [-0.3, -0.25) is 9.69 Å². The van der Waals surface area contributed by atoms with Crippen LogP contribution in [0.5, 0.6) is 5.75 Å². The average molecular weight is 468 g/mol. The van der Waals surface area contributed by atoms with Crippen molar-refractivity contribution < 1.29 is 14.6 Å². The number of amides is 1. The second kappa shape index (κ2) is 9.51. The highest BCUT2D eigenvalue weighted by Gasteiger charge is 2.26. The molecule has 7 nitrogen and oxygen atoms in total. The summed E-state index contributed by atoms with van der Waals surface area (Å²) < 4.78 is 6.83. The van der Waals surface area contributed by atoms with Crippen LogP contribution in [-0.4, -0.2) is 57.3 Å². The van der Waals surface area contributed by atoms with Gasteiger partial charge in [-0.1, -0.05) is 23.2 Å². The van der Waals surface area contributed by atoms with E-state index in [1.54, 1.807) is 35.4 Å². The van der Waals surface area contributed by atoms with Gasteiger partial charge in [0.1, 0.15) is 5.60 Å². The molecule has 0 spiro atoms. The zero-order valence-electron chi connectivity index (χ0n) is 17.9. The zero-order chi connectivity index (χ0) is 22.8. The second-order valence-corrected chi connectivity index (χ2v) is 9.52. The van der Waals surface area contributed by atoms with Gasteiger partial charge in [-0.25, -0.2) is 4.79 Å². The monoisotopic (exact) mass is 467 g/mol. The smallest absolute Gasteiger partial charge is 0.410 e. The summed E-state index contributed by atoms with van der Waals surface area (Å²) in [5.74, 6) is -0.273. The van der Waals surface area contributed by atoms with Gasteiger partial charge in [-0.05, 0) is 50.6 Å². The summed E-state index contributed by atoms with van der Waals surface area (Å²) in [5, 5.41) is 11.4. The van der Waals surface area contributed by atoms with E-state index < -0.39 is 11.2 Å². The van der Waals surface area contributed by atoms with Crippen LogP contribution in [0, 0.1) is 0 Å². The fraction of sp³-hybridized carbons (Fsp3) is 0.455. The van der Waals surface area contributed by atoms with Crippen molar-refractivity contribution in [2.75, 3.05) is 26.2 Å². The van der Waals surface area contributed by atoms with E-state index in [2.05, 4.69) is 4.90 Å². The van der Waals surface area contributed by atoms with E-state index in [0.717, 1.165) is 5.56 Å². The van der Waals surface area contributed by atoms with Crippen LogP contribution in [0.3, 0.4) is 0 Å². The Kier molecular flexibility index (Phi) is 7.19. The molecule has 1 aromatic carbocycles. The number of carbonyl (C=O) groups is 1. The van der Waals surface area contributed by atoms with Gasteiger partial charge in [-0.15, -0.1) is 0 Å². The van der Waals surface area contributed by atoms with E-state index >= 15 is 0 Å². The maximum Gasteiger partial charge on any atom is 0.410 e. The molecule has 2 heterocycles. The summed E-state index contributed by atoms with van der Waals surface area (Å²) in [4.78, 5) is 28.6. The Hall–Kier alpha value is -2.22. The van der Waals surface area contributed by atoms with Crippen LogP contribution in [0.2, 0.25) is 10.0 Å². The molecule has 2 aromatic rings. The van der Waals surface area contributed by atoms with Crippen LogP contribution in [0.4, 0.5) is 4.79 Å². The van der Waals surface area contributed by atoms with Gasteiger partial charge < -0.3 is 19.3 Å². The number of pyridine rings is 1. The summed E-state index contributed by atoms with van der Waals surface area (Å²) in [6, 6.07) is 6.83. The minimum absolute atomic E-state index is 0.252. The minimum atomic E-state index is -0.527. The quantitative estimate of drug-likeness (QED) is 0.736. The SMILES string of the molecule is CC(C)(C)OC(=O)N1CCN(Cc2ccn(Cc3cc(Cl)cc(Cl)c3)c(=O)c2O)CC1. The predicted molar refractivity (Wildman–Crippen MR) is 121 cm³/mol. The van der Waals surface area contributed by atoms with Gasteiger partial charge in [0.25, 0.3) is 5.56 Å². The molecular weight excluding hydrogens is 441 g/mol. The van der Waals surface area contributed by atoms with Crippen LogP contribution >= 0.6 is 23.2 Å². The largest absolute Gasteiger partial charge is 0.503 e. The Morgan fingerprint density at radius 3 is 2.26 bits per heavy atom. The van der Waals surface area contributed by atoms with Crippen molar-refractivity contribution in [1.29, 1.82) is 0 Å². The lowest BCUT2D eigenvalue weighted by Gasteiger charge is -2.35. The molecule has 1 fully saturated rings. The fourth-order valence-corrected chi connectivity index (χ4v) is 3.98. The highest BCUT2D eigenvalue weighted by Crippen LogP contribution is 2.21. The zero-order valence-corrected chi connectivity index (χ0v) is 19.4. The second-order valence-electron chi connectivity index (χ2n) is 8.64. The maximum atomic E-state index is 12.6. The molecular formula is C22H27Cl2N3O4. The molecule has 0 atom stereocenters. The molecule has 0 unspecified atom stereocenters. The van der Waals surface area contributed by atoms with Gasteiger partial charge in [0.05, 0.1) is 6.54 Å². The number of aromatic hydroxyl groups is 1. The van der Waals surface area contributed by atoms with Crippen molar-refractivity contribution in [1.82, 2.24) is 14.4 Å². The fourth-order valence-electron chi connectivity index (χ4n) is 3.41.